The summed E-state index contributed by atoms with van der Waals surface area (Å²) in [6, 6.07) is 0. The largest absolute Gasteiger partial charge is 0.462 e. The number of allylic oxidation sites excluding steroid dienone is 4. The molecule has 0 radical (unpaired) electrons. The predicted molar refractivity (Wildman–Crippen MR) is 173 cm³/mol. The first-order valence-corrected chi connectivity index (χ1v) is 17.4. The lowest BCUT2D eigenvalue weighted by Gasteiger charge is -2.15. The summed E-state index contributed by atoms with van der Waals surface area (Å²) in [6.07, 6.45) is 36.6. The molecule has 0 spiro atoms. The van der Waals surface area contributed by atoms with E-state index in [1.54, 1.807) is 0 Å². The van der Waals surface area contributed by atoms with Crippen molar-refractivity contribution in [3.63, 3.8) is 0 Å². The smallest absolute Gasteiger partial charge is 0.306 e. The molecule has 0 saturated heterocycles. The fraction of sp³-hybridized carbons (Fsp3) is 0.833. The first-order valence-electron chi connectivity index (χ1n) is 17.4. The highest BCUT2D eigenvalue weighted by Crippen LogP contribution is 2.13. The number of unbranched alkanes of at least 4 members (excludes halogenated alkanes) is 19. The van der Waals surface area contributed by atoms with Gasteiger partial charge >= 0.3 is 11.9 Å². The number of carbonyl (C=O) groups excluding carboxylic acids is 2. The van der Waals surface area contributed by atoms with Crippen molar-refractivity contribution in [3.05, 3.63) is 24.3 Å². The molecule has 5 nitrogen and oxygen atoms in total. The number of hydrogen-bond donors (Lipinski definition) is 1. The topological polar surface area (TPSA) is 72.8 Å². The Kier molecular flexibility index (Phi) is 31.6. The van der Waals surface area contributed by atoms with E-state index in [-0.39, 0.29) is 25.2 Å². The van der Waals surface area contributed by atoms with E-state index in [9.17, 15) is 14.7 Å². The fourth-order valence-corrected chi connectivity index (χ4v) is 4.78. The lowest BCUT2D eigenvalue weighted by molar-refractivity contribution is -0.161. The maximum atomic E-state index is 12.1. The third kappa shape index (κ3) is 31.2. The third-order valence-corrected chi connectivity index (χ3v) is 7.45. The van der Waals surface area contributed by atoms with E-state index >= 15 is 0 Å². The summed E-state index contributed by atoms with van der Waals surface area (Å²) in [5.74, 6) is -0.608. The standard InChI is InChI=1S/C36H66O5/c1-3-5-7-9-11-13-15-16-17-18-19-20-21-23-25-27-29-31-36(39)41-34(32-37)33-40-35(38)30-28-26-24-22-14-12-10-8-6-4-2/h8,10,16-17,34,37H,3-7,9,11-15,18-33H2,1-2H3/b10-8-,17-16-. The van der Waals surface area contributed by atoms with Crippen molar-refractivity contribution in [2.75, 3.05) is 13.2 Å². The van der Waals surface area contributed by atoms with Gasteiger partial charge in [-0.05, 0) is 57.8 Å². The maximum absolute atomic E-state index is 12.1. The summed E-state index contributed by atoms with van der Waals surface area (Å²) in [7, 11) is 0. The highest BCUT2D eigenvalue weighted by molar-refractivity contribution is 5.70. The summed E-state index contributed by atoms with van der Waals surface area (Å²) >= 11 is 0. The van der Waals surface area contributed by atoms with Crippen LogP contribution in [0.5, 0.6) is 0 Å². The number of ether oxygens (including phenoxy) is 2. The molecular formula is C36H66O5. The second-order valence-electron chi connectivity index (χ2n) is 11.6. The molecule has 0 bridgehead atoms. The lowest BCUT2D eigenvalue weighted by atomic mass is 10.1. The van der Waals surface area contributed by atoms with E-state index in [1.807, 2.05) is 0 Å². The number of aliphatic hydroxyl groups is 1. The van der Waals surface area contributed by atoms with Crippen LogP contribution in [0.4, 0.5) is 0 Å². The van der Waals surface area contributed by atoms with Gasteiger partial charge in [0.25, 0.3) is 0 Å². The van der Waals surface area contributed by atoms with Crippen LogP contribution in [-0.2, 0) is 19.1 Å². The molecule has 0 aliphatic heterocycles. The molecule has 41 heavy (non-hydrogen) atoms. The summed E-state index contributed by atoms with van der Waals surface area (Å²) in [4.78, 5) is 24.1. The van der Waals surface area contributed by atoms with Gasteiger partial charge in [-0.25, -0.2) is 0 Å². The van der Waals surface area contributed by atoms with E-state index in [4.69, 9.17) is 9.47 Å². The van der Waals surface area contributed by atoms with E-state index in [0.29, 0.717) is 12.8 Å². The molecule has 1 atom stereocenters. The molecule has 1 unspecified atom stereocenters. The van der Waals surface area contributed by atoms with Gasteiger partial charge in [0.05, 0.1) is 6.61 Å². The highest BCUT2D eigenvalue weighted by Gasteiger charge is 2.16. The summed E-state index contributed by atoms with van der Waals surface area (Å²) in [6.45, 7) is 4.05. The van der Waals surface area contributed by atoms with Gasteiger partial charge < -0.3 is 14.6 Å². The number of carbonyl (C=O) groups is 2. The summed E-state index contributed by atoms with van der Waals surface area (Å²) in [5, 5.41) is 9.50. The molecule has 0 amide bonds. The molecule has 0 fully saturated rings. The van der Waals surface area contributed by atoms with Crippen LogP contribution in [0.25, 0.3) is 0 Å². The quantitative estimate of drug-likeness (QED) is 0.0503. The van der Waals surface area contributed by atoms with E-state index in [1.165, 1.54) is 96.3 Å². The van der Waals surface area contributed by atoms with Crippen LogP contribution in [0.3, 0.4) is 0 Å². The van der Waals surface area contributed by atoms with Crippen molar-refractivity contribution in [1.29, 1.82) is 0 Å². The molecule has 5 heteroatoms. The molecule has 0 saturated carbocycles. The average Bonchev–Trinajstić information content (AvgIpc) is 2.97. The number of hydrogen-bond acceptors (Lipinski definition) is 5. The van der Waals surface area contributed by atoms with Crippen molar-refractivity contribution < 1.29 is 24.2 Å². The predicted octanol–water partition coefficient (Wildman–Crippen LogP) is 10.3. The van der Waals surface area contributed by atoms with Crippen molar-refractivity contribution >= 4 is 11.9 Å². The third-order valence-electron chi connectivity index (χ3n) is 7.45. The summed E-state index contributed by atoms with van der Waals surface area (Å²) in [5.41, 5.74) is 0. The lowest BCUT2D eigenvalue weighted by Crippen LogP contribution is -2.28. The van der Waals surface area contributed by atoms with E-state index in [0.717, 1.165) is 51.4 Å². The molecular weight excluding hydrogens is 512 g/mol. The maximum Gasteiger partial charge on any atom is 0.306 e. The number of rotatable bonds is 31. The highest BCUT2D eigenvalue weighted by atomic mass is 16.6. The van der Waals surface area contributed by atoms with Crippen molar-refractivity contribution in [2.24, 2.45) is 0 Å². The molecule has 0 aromatic carbocycles. The molecule has 0 rings (SSSR count). The first kappa shape index (κ1) is 39.4. The molecule has 0 aliphatic rings. The summed E-state index contributed by atoms with van der Waals surface area (Å²) < 4.78 is 10.5. The van der Waals surface area contributed by atoms with E-state index in [2.05, 4.69) is 38.2 Å². The van der Waals surface area contributed by atoms with Crippen molar-refractivity contribution in [2.45, 2.75) is 180 Å². The van der Waals surface area contributed by atoms with Gasteiger partial charge in [0.1, 0.15) is 6.61 Å². The zero-order valence-electron chi connectivity index (χ0n) is 27.1. The van der Waals surface area contributed by atoms with Gasteiger partial charge in [-0.3, -0.25) is 9.59 Å². The first-order chi connectivity index (χ1) is 20.1. The van der Waals surface area contributed by atoms with Crippen molar-refractivity contribution in [1.82, 2.24) is 0 Å². The Labute approximate surface area is 253 Å². The van der Waals surface area contributed by atoms with Crippen molar-refractivity contribution in [3.8, 4) is 0 Å². The Morgan fingerprint density at radius 3 is 1.41 bits per heavy atom. The van der Waals surface area contributed by atoms with Gasteiger partial charge in [-0.2, -0.15) is 0 Å². The van der Waals surface area contributed by atoms with Crippen LogP contribution in [0.2, 0.25) is 0 Å². The Balaban J connectivity index is 3.57. The SMILES string of the molecule is CCC/C=C\CCCCCCCC(=O)OCC(CO)OC(=O)CCCCCCCCC/C=C\CCCCCCCC. The van der Waals surface area contributed by atoms with Gasteiger partial charge in [0.15, 0.2) is 6.10 Å². The second-order valence-corrected chi connectivity index (χ2v) is 11.6. The van der Waals surface area contributed by atoms with Gasteiger partial charge in [-0.15, -0.1) is 0 Å². The van der Waals surface area contributed by atoms with E-state index < -0.39 is 6.10 Å². The van der Waals surface area contributed by atoms with Gasteiger partial charge in [-0.1, -0.05) is 128 Å². The molecule has 1 N–H and O–H groups in total. The van der Waals surface area contributed by atoms with Crippen LogP contribution >= 0.6 is 0 Å². The molecule has 0 aromatic heterocycles. The zero-order chi connectivity index (χ0) is 30.1. The van der Waals surface area contributed by atoms with Gasteiger partial charge in [0, 0.05) is 12.8 Å². The monoisotopic (exact) mass is 578 g/mol. The van der Waals surface area contributed by atoms with Crippen LogP contribution in [0.1, 0.15) is 174 Å². The fourth-order valence-electron chi connectivity index (χ4n) is 4.78. The van der Waals surface area contributed by atoms with Gasteiger partial charge in [0.2, 0.25) is 0 Å². The average molecular weight is 579 g/mol. The Morgan fingerprint density at radius 1 is 0.537 bits per heavy atom. The number of aliphatic hydroxyl groups excluding tert-OH is 1. The molecule has 0 aromatic rings. The minimum Gasteiger partial charge on any atom is -0.462 e. The Hall–Kier alpha value is -1.62. The van der Waals surface area contributed by atoms with Crippen LogP contribution < -0.4 is 0 Å². The minimum absolute atomic E-state index is 0.0700. The van der Waals surface area contributed by atoms with Crippen LogP contribution in [0, 0.1) is 0 Å². The number of esters is 2. The zero-order valence-corrected chi connectivity index (χ0v) is 27.1. The molecule has 0 heterocycles. The van der Waals surface area contributed by atoms with Crippen LogP contribution in [0.15, 0.2) is 24.3 Å². The molecule has 0 aliphatic carbocycles. The normalized spacial score (nSPS) is 12.4. The Morgan fingerprint density at radius 2 is 0.951 bits per heavy atom. The second kappa shape index (κ2) is 32.9. The minimum atomic E-state index is -0.771. The van der Waals surface area contributed by atoms with Crippen LogP contribution in [-0.4, -0.2) is 36.4 Å². The Bertz CT molecular complexity index is 627. The molecule has 240 valence electrons.